The molecule has 2 heteroatoms. The lowest BCUT2D eigenvalue weighted by molar-refractivity contribution is 0.143. The molecule has 1 N–H and O–H groups in total. The Morgan fingerprint density at radius 3 is 2.83 bits per heavy atom. The third-order valence-electron chi connectivity index (χ3n) is 4.34. The lowest BCUT2D eigenvalue weighted by Gasteiger charge is -2.40. The van der Waals surface area contributed by atoms with Crippen molar-refractivity contribution in [3.05, 3.63) is 30.1 Å². The summed E-state index contributed by atoms with van der Waals surface area (Å²) in [5.41, 5.74) is 1.81. The molecule has 0 spiro atoms. The van der Waals surface area contributed by atoms with Crippen molar-refractivity contribution in [1.29, 1.82) is 0 Å². The maximum Gasteiger partial charge on any atom is 0.0315 e. The van der Waals surface area contributed by atoms with Gasteiger partial charge in [-0.15, -0.1) is 0 Å². The summed E-state index contributed by atoms with van der Waals surface area (Å²) in [5, 5.41) is 3.78. The van der Waals surface area contributed by atoms with Crippen molar-refractivity contribution in [3.63, 3.8) is 0 Å². The summed E-state index contributed by atoms with van der Waals surface area (Å²) < 4.78 is 0. The van der Waals surface area contributed by atoms with Gasteiger partial charge >= 0.3 is 0 Å². The molecule has 0 saturated heterocycles. The smallest absolute Gasteiger partial charge is 0.0315 e. The summed E-state index contributed by atoms with van der Waals surface area (Å²) in [6, 6.07) is 5.21. The minimum Gasteiger partial charge on any atom is -0.307 e. The Morgan fingerprint density at radius 1 is 1.44 bits per heavy atom. The van der Waals surface area contributed by atoms with Crippen LogP contribution in [0.3, 0.4) is 0 Å². The molecule has 1 aromatic rings. The number of rotatable bonds is 3. The van der Waals surface area contributed by atoms with E-state index in [4.69, 9.17) is 0 Å². The lowest BCUT2D eigenvalue weighted by Crippen LogP contribution is -2.42. The van der Waals surface area contributed by atoms with Gasteiger partial charge in [0.05, 0.1) is 0 Å². The topological polar surface area (TPSA) is 24.9 Å². The van der Waals surface area contributed by atoms with Gasteiger partial charge < -0.3 is 5.32 Å². The second-order valence-corrected chi connectivity index (χ2v) is 6.67. The third-order valence-corrected chi connectivity index (χ3v) is 4.34. The zero-order chi connectivity index (χ0) is 13.2. The molecule has 0 aliphatic heterocycles. The van der Waals surface area contributed by atoms with Gasteiger partial charge in [0.25, 0.3) is 0 Å². The Labute approximate surface area is 111 Å². The van der Waals surface area contributed by atoms with Crippen LogP contribution < -0.4 is 5.32 Å². The average Bonchev–Trinajstić information content (AvgIpc) is 2.33. The fourth-order valence-corrected chi connectivity index (χ4v) is 3.24. The quantitative estimate of drug-likeness (QED) is 0.873. The van der Waals surface area contributed by atoms with Gasteiger partial charge in [-0.1, -0.05) is 26.8 Å². The number of nitrogens with zero attached hydrogens (tertiary/aromatic N) is 1. The van der Waals surface area contributed by atoms with Crippen LogP contribution in [0.25, 0.3) is 0 Å². The van der Waals surface area contributed by atoms with E-state index in [1.165, 1.54) is 24.8 Å². The largest absolute Gasteiger partial charge is 0.307 e. The maximum absolute atomic E-state index is 4.20. The van der Waals surface area contributed by atoms with E-state index in [0.717, 1.165) is 5.92 Å². The van der Waals surface area contributed by atoms with E-state index >= 15 is 0 Å². The molecule has 2 nitrogen and oxygen atoms in total. The first kappa shape index (κ1) is 13.5. The van der Waals surface area contributed by atoms with Crippen molar-refractivity contribution < 1.29 is 0 Å². The van der Waals surface area contributed by atoms with E-state index in [1.807, 2.05) is 18.5 Å². The van der Waals surface area contributed by atoms with Crippen LogP contribution in [0.2, 0.25) is 0 Å². The molecule has 0 radical (unpaired) electrons. The molecule has 18 heavy (non-hydrogen) atoms. The first-order valence-corrected chi connectivity index (χ1v) is 7.14. The van der Waals surface area contributed by atoms with Crippen LogP contribution in [0.4, 0.5) is 0 Å². The Balaban J connectivity index is 1.94. The molecule has 3 atom stereocenters. The number of pyridine rings is 1. The highest BCUT2D eigenvalue weighted by atomic mass is 15.0. The van der Waals surface area contributed by atoms with Crippen LogP contribution in [0.15, 0.2) is 24.5 Å². The van der Waals surface area contributed by atoms with Crippen molar-refractivity contribution in [2.75, 3.05) is 0 Å². The number of aromatic nitrogens is 1. The molecule has 0 bridgehead atoms. The fourth-order valence-electron chi connectivity index (χ4n) is 3.24. The standard InChI is InChI=1S/C16H26N2/c1-12-10-16(3,4)8-7-15(12)18-13(2)14-6-5-9-17-11-14/h5-6,9,11-13,15,18H,7-8,10H2,1-4H3/t12?,13-,15?/m0/s1. The van der Waals surface area contributed by atoms with Crippen molar-refractivity contribution in [1.82, 2.24) is 10.3 Å². The predicted octanol–water partition coefficient (Wildman–Crippen LogP) is 3.95. The summed E-state index contributed by atoms with van der Waals surface area (Å²) in [4.78, 5) is 4.20. The van der Waals surface area contributed by atoms with Gasteiger partial charge in [-0.2, -0.15) is 0 Å². The first-order chi connectivity index (χ1) is 8.48. The molecule has 1 aliphatic rings. The number of hydrogen-bond donors (Lipinski definition) is 1. The molecule has 2 rings (SSSR count). The summed E-state index contributed by atoms with van der Waals surface area (Å²) in [6.07, 6.45) is 7.75. The molecule has 1 fully saturated rings. The molecule has 1 aromatic heterocycles. The van der Waals surface area contributed by atoms with Crippen molar-refractivity contribution in [2.45, 2.75) is 59.0 Å². The number of hydrogen-bond acceptors (Lipinski definition) is 2. The third kappa shape index (κ3) is 3.32. The first-order valence-electron chi connectivity index (χ1n) is 7.14. The summed E-state index contributed by atoms with van der Waals surface area (Å²) in [5.74, 6) is 0.757. The molecule has 1 heterocycles. The normalized spacial score (nSPS) is 28.9. The predicted molar refractivity (Wildman–Crippen MR) is 76.4 cm³/mol. The highest BCUT2D eigenvalue weighted by Crippen LogP contribution is 2.39. The summed E-state index contributed by atoms with van der Waals surface area (Å²) in [7, 11) is 0. The second kappa shape index (κ2) is 5.40. The van der Waals surface area contributed by atoms with Crippen molar-refractivity contribution in [2.24, 2.45) is 11.3 Å². The zero-order valence-corrected chi connectivity index (χ0v) is 12.1. The van der Waals surface area contributed by atoms with E-state index in [9.17, 15) is 0 Å². The molecular weight excluding hydrogens is 220 g/mol. The van der Waals surface area contributed by atoms with Gasteiger partial charge in [0.1, 0.15) is 0 Å². The van der Waals surface area contributed by atoms with Gasteiger partial charge in [-0.3, -0.25) is 4.98 Å². The van der Waals surface area contributed by atoms with E-state index in [2.05, 4.69) is 44.1 Å². The highest BCUT2D eigenvalue weighted by Gasteiger charge is 2.32. The Hall–Kier alpha value is -0.890. The van der Waals surface area contributed by atoms with Crippen LogP contribution in [0.1, 0.15) is 58.6 Å². The molecule has 100 valence electrons. The molecular formula is C16H26N2. The Morgan fingerprint density at radius 2 is 2.22 bits per heavy atom. The van der Waals surface area contributed by atoms with E-state index < -0.39 is 0 Å². The molecule has 1 aliphatic carbocycles. The SMILES string of the molecule is CC1CC(C)(C)CCC1N[C@@H](C)c1cccnc1. The average molecular weight is 246 g/mol. The maximum atomic E-state index is 4.20. The van der Waals surface area contributed by atoms with Crippen LogP contribution >= 0.6 is 0 Å². The van der Waals surface area contributed by atoms with Crippen molar-refractivity contribution in [3.8, 4) is 0 Å². The zero-order valence-electron chi connectivity index (χ0n) is 12.1. The van der Waals surface area contributed by atoms with Gasteiger partial charge in [0.2, 0.25) is 0 Å². The van der Waals surface area contributed by atoms with Crippen LogP contribution in [0, 0.1) is 11.3 Å². The number of nitrogens with one attached hydrogen (secondary N) is 1. The fraction of sp³-hybridized carbons (Fsp3) is 0.688. The Bertz CT molecular complexity index is 372. The molecule has 0 amide bonds. The van der Waals surface area contributed by atoms with Gasteiger partial charge in [-0.25, -0.2) is 0 Å². The monoisotopic (exact) mass is 246 g/mol. The summed E-state index contributed by atoms with van der Waals surface area (Å²) in [6.45, 7) is 9.41. The Kier molecular flexibility index (Phi) is 4.06. The van der Waals surface area contributed by atoms with Crippen LogP contribution in [0.5, 0.6) is 0 Å². The minimum absolute atomic E-state index is 0.396. The molecule has 2 unspecified atom stereocenters. The minimum atomic E-state index is 0.396. The van der Waals surface area contributed by atoms with Crippen molar-refractivity contribution >= 4 is 0 Å². The van der Waals surface area contributed by atoms with Gasteiger partial charge in [0, 0.05) is 24.5 Å². The van der Waals surface area contributed by atoms with E-state index in [0.29, 0.717) is 17.5 Å². The van der Waals surface area contributed by atoms with Crippen LogP contribution in [-0.4, -0.2) is 11.0 Å². The van der Waals surface area contributed by atoms with Crippen LogP contribution in [-0.2, 0) is 0 Å². The van der Waals surface area contributed by atoms with Gasteiger partial charge in [-0.05, 0) is 49.1 Å². The van der Waals surface area contributed by atoms with Gasteiger partial charge in [0.15, 0.2) is 0 Å². The second-order valence-electron chi connectivity index (χ2n) is 6.67. The highest BCUT2D eigenvalue weighted by molar-refractivity contribution is 5.13. The lowest BCUT2D eigenvalue weighted by atomic mass is 9.70. The van der Waals surface area contributed by atoms with E-state index in [1.54, 1.807) is 0 Å². The van der Waals surface area contributed by atoms with E-state index in [-0.39, 0.29) is 0 Å². The summed E-state index contributed by atoms with van der Waals surface area (Å²) >= 11 is 0. The molecule has 1 saturated carbocycles. The molecule has 0 aromatic carbocycles.